The van der Waals surface area contributed by atoms with Crippen molar-refractivity contribution < 1.29 is 17.9 Å². The third-order valence-corrected chi connectivity index (χ3v) is 4.21. The van der Waals surface area contributed by atoms with Crippen LogP contribution in [0.25, 0.3) is 0 Å². The largest absolute Gasteiger partial charge is 0.465 e. The van der Waals surface area contributed by atoms with Crippen molar-refractivity contribution in [3.63, 3.8) is 0 Å². The average molecular weight is 309 g/mol. The first-order chi connectivity index (χ1) is 9.82. The van der Waals surface area contributed by atoms with E-state index in [-0.39, 0.29) is 12.4 Å². The van der Waals surface area contributed by atoms with Crippen LogP contribution in [-0.4, -0.2) is 26.7 Å². The van der Waals surface area contributed by atoms with Gasteiger partial charge in [0.15, 0.2) is 9.84 Å². The standard InChI is InChI=1S/C15H19NO4S/c1-12(2)7-8-20-15(17)11-21(18,19)10-14-5-3-13(9-16)4-6-14/h3-6,12H,7-8,10-11H2,1-2H3. The Bertz CT molecular complexity index is 612. The molecule has 0 heterocycles. The Kier molecular flexibility index (Phi) is 6.38. The van der Waals surface area contributed by atoms with Gasteiger partial charge in [-0.2, -0.15) is 5.26 Å². The topological polar surface area (TPSA) is 84.2 Å². The second-order valence-electron chi connectivity index (χ2n) is 5.24. The zero-order chi connectivity index (χ0) is 15.9. The maximum Gasteiger partial charge on any atom is 0.321 e. The molecule has 0 spiro atoms. The fraction of sp³-hybridized carbons (Fsp3) is 0.467. The summed E-state index contributed by atoms with van der Waals surface area (Å²) in [6.07, 6.45) is 0.710. The number of carbonyl (C=O) groups is 1. The zero-order valence-corrected chi connectivity index (χ0v) is 13.0. The Hall–Kier alpha value is -1.87. The van der Waals surface area contributed by atoms with Crippen LogP contribution in [0.15, 0.2) is 24.3 Å². The molecule has 0 N–H and O–H groups in total. The summed E-state index contributed by atoms with van der Waals surface area (Å²) in [6.45, 7) is 4.23. The molecule has 5 nitrogen and oxygen atoms in total. The number of sulfone groups is 1. The van der Waals surface area contributed by atoms with Gasteiger partial charge in [-0.05, 0) is 30.0 Å². The predicted octanol–water partition coefficient (Wildman–Crippen LogP) is 2.06. The summed E-state index contributed by atoms with van der Waals surface area (Å²) in [4.78, 5) is 11.5. The molecule has 114 valence electrons. The predicted molar refractivity (Wildman–Crippen MR) is 79.1 cm³/mol. The second kappa shape index (κ2) is 7.79. The van der Waals surface area contributed by atoms with Gasteiger partial charge in [0.2, 0.25) is 0 Å². The molecule has 1 aromatic rings. The molecule has 0 aromatic heterocycles. The third kappa shape index (κ3) is 6.91. The van der Waals surface area contributed by atoms with E-state index in [1.807, 2.05) is 19.9 Å². The van der Waals surface area contributed by atoms with Gasteiger partial charge in [0.25, 0.3) is 0 Å². The monoisotopic (exact) mass is 309 g/mol. The summed E-state index contributed by atoms with van der Waals surface area (Å²) in [6, 6.07) is 8.19. The van der Waals surface area contributed by atoms with E-state index in [9.17, 15) is 13.2 Å². The van der Waals surface area contributed by atoms with Gasteiger partial charge in [-0.3, -0.25) is 4.79 Å². The van der Waals surface area contributed by atoms with E-state index >= 15 is 0 Å². The quantitative estimate of drug-likeness (QED) is 0.720. The smallest absolute Gasteiger partial charge is 0.321 e. The number of nitriles is 1. The Morgan fingerprint density at radius 2 is 1.90 bits per heavy atom. The van der Waals surface area contributed by atoms with Crippen LogP contribution in [-0.2, 0) is 25.1 Å². The van der Waals surface area contributed by atoms with E-state index in [2.05, 4.69) is 0 Å². The minimum absolute atomic E-state index is 0.238. The van der Waals surface area contributed by atoms with Crippen LogP contribution in [0.1, 0.15) is 31.4 Å². The van der Waals surface area contributed by atoms with E-state index in [1.54, 1.807) is 24.3 Å². The maximum atomic E-state index is 11.9. The highest BCUT2D eigenvalue weighted by Gasteiger charge is 2.18. The van der Waals surface area contributed by atoms with E-state index in [0.717, 1.165) is 0 Å². The van der Waals surface area contributed by atoms with Crippen molar-refractivity contribution in [1.82, 2.24) is 0 Å². The number of rotatable bonds is 7. The minimum atomic E-state index is -3.56. The molecular formula is C15H19NO4S. The number of hydrogen-bond acceptors (Lipinski definition) is 5. The summed E-state index contributed by atoms with van der Waals surface area (Å²) in [5, 5.41) is 8.67. The molecule has 0 saturated heterocycles. The highest BCUT2D eigenvalue weighted by atomic mass is 32.2. The molecular weight excluding hydrogens is 290 g/mol. The number of nitrogens with zero attached hydrogens (tertiary/aromatic N) is 1. The van der Waals surface area contributed by atoms with Gasteiger partial charge >= 0.3 is 5.97 Å². The lowest BCUT2D eigenvalue weighted by atomic mass is 10.1. The minimum Gasteiger partial charge on any atom is -0.465 e. The van der Waals surface area contributed by atoms with Gasteiger partial charge < -0.3 is 4.74 Å². The van der Waals surface area contributed by atoms with E-state index in [0.29, 0.717) is 23.5 Å². The molecule has 0 aliphatic rings. The lowest BCUT2D eigenvalue weighted by molar-refractivity contribution is -0.140. The van der Waals surface area contributed by atoms with Crippen molar-refractivity contribution in [2.75, 3.05) is 12.4 Å². The first kappa shape index (κ1) is 17.2. The highest BCUT2D eigenvalue weighted by Crippen LogP contribution is 2.09. The molecule has 1 aromatic carbocycles. The van der Waals surface area contributed by atoms with Gasteiger partial charge in [-0.25, -0.2) is 8.42 Å². The number of esters is 1. The molecule has 0 bridgehead atoms. The maximum absolute atomic E-state index is 11.9. The molecule has 0 amide bonds. The van der Waals surface area contributed by atoms with E-state index in [4.69, 9.17) is 10.00 Å². The third-order valence-electron chi connectivity index (χ3n) is 2.77. The van der Waals surface area contributed by atoms with Gasteiger partial charge in [0, 0.05) is 0 Å². The van der Waals surface area contributed by atoms with Crippen LogP contribution in [0.2, 0.25) is 0 Å². The van der Waals surface area contributed by atoms with Crippen LogP contribution in [0, 0.1) is 17.2 Å². The highest BCUT2D eigenvalue weighted by molar-refractivity contribution is 7.91. The van der Waals surface area contributed by atoms with Crippen LogP contribution < -0.4 is 0 Å². The lowest BCUT2D eigenvalue weighted by Crippen LogP contribution is -2.20. The summed E-state index contributed by atoms with van der Waals surface area (Å²) >= 11 is 0. The van der Waals surface area contributed by atoms with Crippen LogP contribution >= 0.6 is 0 Å². The van der Waals surface area contributed by atoms with Crippen molar-refractivity contribution in [1.29, 1.82) is 5.26 Å². The Balaban J connectivity index is 2.53. The Labute approximate surface area is 125 Å². The number of hydrogen-bond donors (Lipinski definition) is 0. The molecule has 0 aliphatic heterocycles. The van der Waals surface area contributed by atoms with Crippen molar-refractivity contribution in [2.24, 2.45) is 5.92 Å². The Morgan fingerprint density at radius 3 is 2.43 bits per heavy atom. The summed E-state index contributed by atoms with van der Waals surface area (Å²) in [5.41, 5.74) is 1.01. The summed E-state index contributed by atoms with van der Waals surface area (Å²) in [5.74, 6) is -1.18. The zero-order valence-electron chi connectivity index (χ0n) is 12.2. The normalized spacial score (nSPS) is 11.1. The van der Waals surface area contributed by atoms with Crippen molar-refractivity contribution >= 4 is 15.8 Å². The summed E-state index contributed by atoms with van der Waals surface area (Å²) < 4.78 is 28.7. The molecule has 6 heteroatoms. The number of carbonyl (C=O) groups excluding carboxylic acids is 1. The molecule has 0 saturated carbocycles. The summed E-state index contributed by atoms with van der Waals surface area (Å²) in [7, 11) is -3.56. The average Bonchev–Trinajstić information content (AvgIpc) is 2.38. The van der Waals surface area contributed by atoms with E-state index < -0.39 is 21.6 Å². The molecule has 0 atom stereocenters. The van der Waals surface area contributed by atoms with Gasteiger partial charge in [-0.1, -0.05) is 26.0 Å². The van der Waals surface area contributed by atoms with Crippen LogP contribution in [0.3, 0.4) is 0 Å². The van der Waals surface area contributed by atoms with Crippen LogP contribution in [0.5, 0.6) is 0 Å². The van der Waals surface area contributed by atoms with Gasteiger partial charge in [0.1, 0.15) is 5.75 Å². The first-order valence-electron chi connectivity index (χ1n) is 6.67. The number of benzene rings is 1. The second-order valence-corrected chi connectivity index (χ2v) is 7.31. The SMILES string of the molecule is CC(C)CCOC(=O)CS(=O)(=O)Cc1ccc(C#N)cc1. The van der Waals surface area contributed by atoms with Crippen molar-refractivity contribution in [3.8, 4) is 6.07 Å². The Morgan fingerprint density at radius 1 is 1.29 bits per heavy atom. The molecule has 0 aliphatic carbocycles. The van der Waals surface area contributed by atoms with Crippen LogP contribution in [0.4, 0.5) is 0 Å². The molecule has 0 radical (unpaired) electrons. The van der Waals surface area contributed by atoms with Crippen molar-refractivity contribution in [2.45, 2.75) is 26.0 Å². The molecule has 0 fully saturated rings. The molecule has 21 heavy (non-hydrogen) atoms. The first-order valence-corrected chi connectivity index (χ1v) is 8.49. The van der Waals surface area contributed by atoms with Gasteiger partial charge in [0.05, 0.1) is 24.0 Å². The van der Waals surface area contributed by atoms with Crippen molar-refractivity contribution in [3.05, 3.63) is 35.4 Å². The van der Waals surface area contributed by atoms with E-state index in [1.165, 1.54) is 0 Å². The lowest BCUT2D eigenvalue weighted by Gasteiger charge is -2.07. The fourth-order valence-electron chi connectivity index (χ4n) is 1.61. The number of ether oxygens (including phenoxy) is 1. The molecule has 1 rings (SSSR count). The fourth-order valence-corrected chi connectivity index (χ4v) is 2.85. The molecule has 0 unspecified atom stereocenters. The van der Waals surface area contributed by atoms with Gasteiger partial charge in [-0.15, -0.1) is 0 Å².